The summed E-state index contributed by atoms with van der Waals surface area (Å²) in [6.45, 7) is 2.13. The van der Waals surface area contributed by atoms with E-state index in [1.807, 2.05) is 30.3 Å². The minimum Gasteiger partial charge on any atom is -0.379 e. The van der Waals surface area contributed by atoms with E-state index in [0.29, 0.717) is 0 Å². The number of nitrogens with one attached hydrogen (secondary N) is 1. The van der Waals surface area contributed by atoms with Gasteiger partial charge in [-0.15, -0.1) is 0 Å². The number of methoxy groups -OCH3 is 1. The van der Waals surface area contributed by atoms with Gasteiger partial charge in [0.05, 0.1) is 18.3 Å². The van der Waals surface area contributed by atoms with E-state index in [9.17, 15) is 4.79 Å². The topological polar surface area (TPSA) is 41.6 Å². The molecule has 4 unspecified atom stereocenters. The summed E-state index contributed by atoms with van der Waals surface area (Å²) in [6.07, 6.45) is 4.45. The summed E-state index contributed by atoms with van der Waals surface area (Å²) in [5.41, 5.74) is 1.05. The third-order valence-electron chi connectivity index (χ3n) is 4.79. The normalized spacial score (nSPS) is 32.9. The number of carbonyl (C=O) groups excluding carboxylic acids is 1. The SMILES string of the molecule is CCC1NC(c2ccccc2)C(=O)N1C1CCCC1OC. The van der Waals surface area contributed by atoms with Gasteiger partial charge in [0.25, 0.3) is 0 Å². The predicted octanol–water partition coefficient (Wildman–Crippen LogP) is 2.46. The standard InChI is InChI=1S/C17H24N2O2/c1-3-15-18-16(12-8-5-4-6-9-12)17(20)19(15)13-10-7-11-14(13)21-2/h4-6,8-9,13-16,18H,3,7,10-11H2,1-2H3. The largest absolute Gasteiger partial charge is 0.379 e. The highest BCUT2D eigenvalue weighted by Gasteiger charge is 2.45. The Morgan fingerprint density at radius 3 is 2.71 bits per heavy atom. The maximum absolute atomic E-state index is 12.9. The lowest BCUT2D eigenvalue weighted by atomic mass is 10.1. The van der Waals surface area contributed by atoms with Crippen molar-refractivity contribution in [2.24, 2.45) is 0 Å². The zero-order chi connectivity index (χ0) is 14.8. The summed E-state index contributed by atoms with van der Waals surface area (Å²) in [5.74, 6) is 0.196. The third kappa shape index (κ3) is 2.58. The van der Waals surface area contributed by atoms with Crippen LogP contribution in [0.3, 0.4) is 0 Å². The molecule has 2 fully saturated rings. The minimum absolute atomic E-state index is 0.114. The molecule has 3 rings (SSSR count). The first-order valence-electron chi connectivity index (χ1n) is 7.92. The van der Waals surface area contributed by atoms with Crippen LogP contribution in [0.25, 0.3) is 0 Å². The molecule has 1 aliphatic carbocycles. The number of rotatable bonds is 4. The molecule has 1 aromatic rings. The third-order valence-corrected chi connectivity index (χ3v) is 4.79. The Labute approximate surface area is 126 Å². The van der Waals surface area contributed by atoms with E-state index < -0.39 is 0 Å². The van der Waals surface area contributed by atoms with Gasteiger partial charge in [0, 0.05) is 7.11 Å². The van der Waals surface area contributed by atoms with E-state index in [1.165, 1.54) is 0 Å². The van der Waals surface area contributed by atoms with Crippen molar-refractivity contribution in [3.63, 3.8) is 0 Å². The highest BCUT2D eigenvalue weighted by atomic mass is 16.5. The maximum atomic E-state index is 12.9. The number of benzene rings is 1. The molecule has 1 heterocycles. The number of amides is 1. The van der Waals surface area contributed by atoms with Crippen LogP contribution in [0.1, 0.15) is 44.2 Å². The molecule has 114 valence electrons. The molecule has 21 heavy (non-hydrogen) atoms. The summed E-state index contributed by atoms with van der Waals surface area (Å²) in [7, 11) is 1.76. The Hall–Kier alpha value is -1.39. The molecule has 2 aliphatic rings. The Morgan fingerprint density at radius 2 is 2.05 bits per heavy atom. The van der Waals surface area contributed by atoms with E-state index in [2.05, 4.69) is 17.1 Å². The zero-order valence-electron chi connectivity index (χ0n) is 12.8. The Kier molecular flexibility index (Phi) is 4.27. The lowest BCUT2D eigenvalue weighted by Crippen LogP contribution is -2.48. The van der Waals surface area contributed by atoms with E-state index in [4.69, 9.17) is 4.74 Å². The Balaban J connectivity index is 1.85. The smallest absolute Gasteiger partial charge is 0.245 e. The van der Waals surface area contributed by atoms with Gasteiger partial charge in [0.2, 0.25) is 5.91 Å². The van der Waals surface area contributed by atoms with Gasteiger partial charge in [-0.05, 0) is 31.2 Å². The quantitative estimate of drug-likeness (QED) is 0.925. The fraction of sp³-hybridized carbons (Fsp3) is 0.588. The molecule has 4 nitrogen and oxygen atoms in total. The van der Waals surface area contributed by atoms with Gasteiger partial charge in [-0.1, -0.05) is 37.3 Å². The van der Waals surface area contributed by atoms with Gasteiger partial charge in [-0.3, -0.25) is 10.1 Å². The highest BCUT2D eigenvalue weighted by molar-refractivity contribution is 5.86. The summed E-state index contributed by atoms with van der Waals surface area (Å²) < 4.78 is 5.60. The monoisotopic (exact) mass is 288 g/mol. The lowest BCUT2D eigenvalue weighted by Gasteiger charge is -2.33. The minimum atomic E-state index is -0.214. The predicted molar refractivity (Wildman–Crippen MR) is 81.7 cm³/mol. The van der Waals surface area contributed by atoms with Crippen molar-refractivity contribution in [2.45, 2.75) is 57.0 Å². The molecule has 4 atom stereocenters. The molecule has 1 amide bonds. The van der Waals surface area contributed by atoms with Gasteiger partial charge < -0.3 is 9.64 Å². The molecule has 0 spiro atoms. The van der Waals surface area contributed by atoms with Crippen LogP contribution >= 0.6 is 0 Å². The number of hydrogen-bond donors (Lipinski definition) is 1. The van der Waals surface area contributed by atoms with Crippen molar-refractivity contribution in [1.29, 1.82) is 0 Å². The van der Waals surface area contributed by atoms with Gasteiger partial charge in [0.15, 0.2) is 0 Å². The van der Waals surface area contributed by atoms with Gasteiger partial charge in [-0.2, -0.15) is 0 Å². The van der Waals surface area contributed by atoms with Crippen LogP contribution in [0.4, 0.5) is 0 Å². The van der Waals surface area contributed by atoms with Crippen LogP contribution < -0.4 is 5.32 Å². The summed E-state index contributed by atoms with van der Waals surface area (Å²) in [6, 6.07) is 10.0. The van der Waals surface area contributed by atoms with Crippen LogP contribution in [0.5, 0.6) is 0 Å². The number of nitrogens with zero attached hydrogens (tertiary/aromatic N) is 1. The zero-order valence-corrected chi connectivity index (χ0v) is 12.8. The van der Waals surface area contributed by atoms with Crippen molar-refractivity contribution in [3.8, 4) is 0 Å². The highest BCUT2D eigenvalue weighted by Crippen LogP contribution is 2.34. The van der Waals surface area contributed by atoms with Gasteiger partial charge in [0.1, 0.15) is 6.04 Å². The van der Waals surface area contributed by atoms with E-state index in [-0.39, 0.29) is 30.3 Å². The number of carbonyl (C=O) groups is 1. The summed E-state index contributed by atoms with van der Waals surface area (Å²) in [5, 5.41) is 3.50. The first-order chi connectivity index (χ1) is 10.3. The second kappa shape index (κ2) is 6.16. The van der Waals surface area contributed by atoms with Gasteiger partial charge >= 0.3 is 0 Å². The molecule has 1 N–H and O–H groups in total. The van der Waals surface area contributed by atoms with Crippen molar-refractivity contribution < 1.29 is 9.53 Å². The first-order valence-corrected chi connectivity index (χ1v) is 7.92. The van der Waals surface area contributed by atoms with E-state index in [0.717, 1.165) is 31.2 Å². The molecular weight excluding hydrogens is 264 g/mol. The van der Waals surface area contributed by atoms with Crippen LogP contribution in [-0.2, 0) is 9.53 Å². The molecule has 0 bridgehead atoms. The Bertz CT molecular complexity index is 491. The van der Waals surface area contributed by atoms with E-state index >= 15 is 0 Å². The second-order valence-electron chi connectivity index (χ2n) is 5.95. The maximum Gasteiger partial charge on any atom is 0.245 e. The average molecular weight is 288 g/mol. The molecule has 1 saturated heterocycles. The summed E-state index contributed by atoms with van der Waals surface area (Å²) in [4.78, 5) is 15.0. The van der Waals surface area contributed by atoms with Crippen LogP contribution in [0.15, 0.2) is 30.3 Å². The number of ether oxygens (including phenoxy) is 1. The van der Waals surface area contributed by atoms with Gasteiger partial charge in [-0.25, -0.2) is 0 Å². The van der Waals surface area contributed by atoms with Crippen LogP contribution in [0, 0.1) is 0 Å². The lowest BCUT2D eigenvalue weighted by molar-refractivity contribution is -0.134. The van der Waals surface area contributed by atoms with Crippen molar-refractivity contribution in [3.05, 3.63) is 35.9 Å². The molecule has 4 heteroatoms. The average Bonchev–Trinajstić information content (AvgIpc) is 3.11. The molecule has 0 radical (unpaired) electrons. The summed E-state index contributed by atoms with van der Waals surface area (Å²) >= 11 is 0. The van der Waals surface area contributed by atoms with Crippen molar-refractivity contribution >= 4 is 5.91 Å². The number of hydrogen-bond acceptors (Lipinski definition) is 3. The van der Waals surface area contributed by atoms with Crippen molar-refractivity contribution in [2.75, 3.05) is 7.11 Å². The Morgan fingerprint density at radius 1 is 1.29 bits per heavy atom. The van der Waals surface area contributed by atoms with Crippen LogP contribution in [0.2, 0.25) is 0 Å². The second-order valence-corrected chi connectivity index (χ2v) is 5.95. The fourth-order valence-electron chi connectivity index (χ4n) is 3.74. The molecule has 1 saturated carbocycles. The molecule has 1 aliphatic heterocycles. The molecule has 0 aromatic heterocycles. The van der Waals surface area contributed by atoms with Crippen molar-refractivity contribution in [1.82, 2.24) is 10.2 Å². The molecule has 1 aromatic carbocycles. The van der Waals surface area contributed by atoms with Crippen LogP contribution in [-0.4, -0.2) is 36.2 Å². The van der Waals surface area contributed by atoms with E-state index in [1.54, 1.807) is 7.11 Å². The fourth-order valence-corrected chi connectivity index (χ4v) is 3.74. The first kappa shape index (κ1) is 14.5. The molecular formula is C17H24N2O2.